The van der Waals surface area contributed by atoms with Gasteiger partial charge in [-0.3, -0.25) is 14.8 Å². The van der Waals surface area contributed by atoms with E-state index in [1.54, 1.807) is 24.5 Å². The maximum Gasteiger partial charge on any atom is 0.250 e. The molecule has 0 bridgehead atoms. The molecule has 0 saturated carbocycles. The van der Waals surface area contributed by atoms with Crippen molar-refractivity contribution in [2.24, 2.45) is 0 Å². The third kappa shape index (κ3) is 4.68. The van der Waals surface area contributed by atoms with Crippen molar-refractivity contribution >= 4 is 46.2 Å². The van der Waals surface area contributed by atoms with Gasteiger partial charge in [0.1, 0.15) is 12.6 Å². The van der Waals surface area contributed by atoms with E-state index < -0.39 is 0 Å². The highest BCUT2D eigenvalue weighted by Gasteiger charge is 2.42. The number of anilines is 2. The lowest BCUT2D eigenvalue weighted by molar-refractivity contribution is -0.119. The molecule has 0 radical (unpaired) electrons. The monoisotopic (exact) mass is 518 g/mol. The zero-order chi connectivity index (χ0) is 25.1. The number of amides is 1. The fourth-order valence-corrected chi connectivity index (χ4v) is 4.94. The molecule has 0 aliphatic carbocycles. The van der Waals surface area contributed by atoms with E-state index in [1.165, 1.54) is 7.11 Å². The van der Waals surface area contributed by atoms with Crippen LogP contribution >= 0.6 is 23.8 Å². The summed E-state index contributed by atoms with van der Waals surface area (Å²) in [6.45, 7) is -0.0582. The van der Waals surface area contributed by atoms with Crippen molar-refractivity contribution in [3.8, 4) is 5.69 Å². The van der Waals surface area contributed by atoms with Gasteiger partial charge in [-0.15, -0.1) is 0 Å². The number of rotatable bonds is 7. The molecule has 1 aromatic carbocycles. The molecule has 8 nitrogen and oxygen atoms in total. The minimum Gasteiger partial charge on any atom is -0.375 e. The maximum atomic E-state index is 12.0. The molecule has 10 heteroatoms. The van der Waals surface area contributed by atoms with Crippen LogP contribution in [0.15, 0.2) is 85.5 Å². The first-order valence-corrected chi connectivity index (χ1v) is 12.0. The number of hydrogen-bond donors (Lipinski definition) is 2. The number of hydrogen-bond acceptors (Lipinski definition) is 5. The van der Waals surface area contributed by atoms with Gasteiger partial charge in [0, 0.05) is 37.1 Å². The Balaban J connectivity index is 1.58. The predicted octanol–water partition coefficient (Wildman–Crippen LogP) is 4.68. The molecule has 0 unspecified atom stereocenters. The number of thiocarbonyl (C=S) groups is 1. The van der Waals surface area contributed by atoms with Gasteiger partial charge in [0.25, 0.3) is 0 Å². The Morgan fingerprint density at radius 1 is 1.14 bits per heavy atom. The van der Waals surface area contributed by atoms with Crippen molar-refractivity contribution < 1.29 is 9.53 Å². The Morgan fingerprint density at radius 3 is 2.75 bits per heavy atom. The Bertz CT molecular complexity index is 1380. The van der Waals surface area contributed by atoms with Crippen LogP contribution in [0.1, 0.15) is 23.5 Å². The fraction of sp³-hybridized carbons (Fsp3) is 0.154. The van der Waals surface area contributed by atoms with Crippen LogP contribution in [0.25, 0.3) is 5.69 Å². The lowest BCUT2D eigenvalue weighted by atomic mass is 10.0. The van der Waals surface area contributed by atoms with Crippen molar-refractivity contribution in [2.45, 2.75) is 12.1 Å². The average Bonchev–Trinajstić information content (AvgIpc) is 3.51. The number of carbonyl (C=O) groups excluding carboxylic acids is 1. The summed E-state index contributed by atoms with van der Waals surface area (Å²) in [6.07, 6.45) is 7.34. The minimum atomic E-state index is -0.284. The summed E-state index contributed by atoms with van der Waals surface area (Å²) >= 11 is 12.4. The highest BCUT2D eigenvalue weighted by Crippen LogP contribution is 2.43. The molecule has 1 amide bonds. The molecule has 0 spiro atoms. The van der Waals surface area contributed by atoms with Crippen LogP contribution < -0.4 is 15.5 Å². The highest BCUT2D eigenvalue weighted by molar-refractivity contribution is 7.80. The van der Waals surface area contributed by atoms with Crippen molar-refractivity contribution in [1.82, 2.24) is 19.9 Å². The highest BCUT2D eigenvalue weighted by atomic mass is 35.5. The molecule has 1 aliphatic heterocycles. The van der Waals surface area contributed by atoms with E-state index in [-0.39, 0.29) is 24.6 Å². The van der Waals surface area contributed by atoms with E-state index in [1.807, 2.05) is 59.8 Å². The van der Waals surface area contributed by atoms with Gasteiger partial charge in [0.2, 0.25) is 5.91 Å². The van der Waals surface area contributed by atoms with Crippen LogP contribution in [0, 0.1) is 0 Å². The van der Waals surface area contributed by atoms with Crippen molar-refractivity contribution in [2.75, 3.05) is 23.9 Å². The van der Waals surface area contributed by atoms with Gasteiger partial charge < -0.3 is 24.8 Å². The Kier molecular flexibility index (Phi) is 6.95. The van der Waals surface area contributed by atoms with Crippen molar-refractivity contribution in [1.29, 1.82) is 0 Å². The van der Waals surface area contributed by atoms with Crippen LogP contribution in [0.2, 0.25) is 5.02 Å². The first kappa shape index (κ1) is 23.9. The van der Waals surface area contributed by atoms with Gasteiger partial charge in [-0.2, -0.15) is 0 Å². The number of benzene rings is 1. The van der Waals surface area contributed by atoms with E-state index in [4.69, 9.17) is 28.6 Å². The molecule has 2 atom stereocenters. The van der Waals surface area contributed by atoms with E-state index in [9.17, 15) is 4.79 Å². The van der Waals surface area contributed by atoms with Gasteiger partial charge >= 0.3 is 0 Å². The minimum absolute atomic E-state index is 0.0582. The van der Waals surface area contributed by atoms with Crippen LogP contribution in [0.4, 0.5) is 11.4 Å². The molecule has 36 heavy (non-hydrogen) atoms. The number of pyridine rings is 2. The van der Waals surface area contributed by atoms with Gasteiger partial charge in [-0.05, 0) is 66.8 Å². The topological polar surface area (TPSA) is 84.3 Å². The number of nitrogens with zero attached hydrogens (tertiary/aromatic N) is 4. The number of carbonyl (C=O) groups is 1. The molecule has 4 heterocycles. The van der Waals surface area contributed by atoms with Gasteiger partial charge in [-0.1, -0.05) is 17.7 Å². The molecule has 5 rings (SSSR count). The zero-order valence-corrected chi connectivity index (χ0v) is 20.9. The molecule has 182 valence electrons. The van der Waals surface area contributed by atoms with Gasteiger partial charge in [0.15, 0.2) is 5.11 Å². The smallest absolute Gasteiger partial charge is 0.250 e. The Hall–Kier alpha value is -3.79. The van der Waals surface area contributed by atoms with Crippen molar-refractivity contribution in [3.63, 3.8) is 0 Å². The van der Waals surface area contributed by atoms with E-state index >= 15 is 0 Å². The summed E-state index contributed by atoms with van der Waals surface area (Å²) in [4.78, 5) is 22.9. The molecular weight excluding hydrogens is 496 g/mol. The summed E-state index contributed by atoms with van der Waals surface area (Å²) in [6, 6.07) is 18.8. The largest absolute Gasteiger partial charge is 0.375 e. The number of aromatic nitrogens is 3. The second-order valence-corrected chi connectivity index (χ2v) is 8.95. The molecular formula is C26H23ClN6O2S. The summed E-state index contributed by atoms with van der Waals surface area (Å²) in [5.41, 5.74) is 4.08. The fourth-order valence-electron chi connectivity index (χ4n) is 4.37. The van der Waals surface area contributed by atoms with E-state index in [0.717, 1.165) is 22.8 Å². The molecule has 2 N–H and O–H groups in total. The van der Waals surface area contributed by atoms with E-state index in [2.05, 4.69) is 31.2 Å². The number of nitrogens with one attached hydrogen (secondary N) is 2. The third-order valence-corrected chi connectivity index (χ3v) is 6.51. The van der Waals surface area contributed by atoms with Gasteiger partial charge in [0.05, 0.1) is 34.3 Å². The molecule has 3 aromatic heterocycles. The molecule has 1 fully saturated rings. The van der Waals surface area contributed by atoms with Crippen LogP contribution in [-0.2, 0) is 9.53 Å². The second kappa shape index (κ2) is 10.4. The van der Waals surface area contributed by atoms with Crippen LogP contribution in [0.3, 0.4) is 0 Å². The summed E-state index contributed by atoms with van der Waals surface area (Å²) in [7, 11) is 1.46. The maximum absolute atomic E-state index is 12.0. The second-order valence-electron chi connectivity index (χ2n) is 8.16. The lowest BCUT2D eigenvalue weighted by Gasteiger charge is -2.29. The summed E-state index contributed by atoms with van der Waals surface area (Å²) < 4.78 is 6.98. The number of halogens is 1. The van der Waals surface area contributed by atoms with Crippen molar-refractivity contribution in [3.05, 3.63) is 102 Å². The third-order valence-electron chi connectivity index (χ3n) is 5.89. The van der Waals surface area contributed by atoms with Gasteiger partial charge in [-0.25, -0.2) is 0 Å². The number of ether oxygens (including phenoxy) is 1. The van der Waals surface area contributed by atoms with Crippen LogP contribution in [0.5, 0.6) is 0 Å². The first-order chi connectivity index (χ1) is 17.6. The first-order valence-electron chi connectivity index (χ1n) is 11.2. The van der Waals surface area contributed by atoms with E-state index in [0.29, 0.717) is 15.8 Å². The summed E-state index contributed by atoms with van der Waals surface area (Å²) in [5, 5.41) is 7.15. The average molecular weight is 519 g/mol. The quantitative estimate of drug-likeness (QED) is 0.343. The zero-order valence-electron chi connectivity index (χ0n) is 19.3. The molecule has 4 aromatic rings. The normalized spacial score (nSPS) is 17.2. The summed E-state index contributed by atoms with van der Waals surface area (Å²) in [5.74, 6) is -0.284. The van der Waals surface area contributed by atoms with Crippen LogP contribution in [-0.4, -0.2) is 39.3 Å². The number of methoxy groups -OCH3 is 1. The Labute approximate surface area is 218 Å². The Morgan fingerprint density at radius 2 is 2.03 bits per heavy atom. The standard InChI is InChI=1S/C26H23ClN6O2S/c1-35-16-23(34)30-20-10-9-17(14-19(20)27)33-25(24(31-26(33)36)21-7-2-3-12-29-21)22-8-5-13-32(22)18-6-4-11-28-15-18/h2-15,24-25H,16H2,1H3,(H,30,34)(H,31,36)/t24-,25+/m1/s1. The lowest BCUT2D eigenvalue weighted by Crippen LogP contribution is -2.30. The molecule has 1 aliphatic rings. The SMILES string of the molecule is COCC(=O)Nc1ccc(N2C(=S)N[C@H](c3ccccn3)[C@@H]2c2cccn2-c2cccnc2)cc1Cl. The predicted molar refractivity (Wildman–Crippen MR) is 143 cm³/mol. The molecule has 1 saturated heterocycles.